The third-order valence-electron chi connectivity index (χ3n) is 4.55. The predicted molar refractivity (Wildman–Crippen MR) is 105 cm³/mol. The topological polar surface area (TPSA) is 69.7 Å². The van der Waals surface area contributed by atoms with Crippen LogP contribution in [0.5, 0.6) is 23.1 Å². The first-order valence-electron chi connectivity index (χ1n) is 9.01. The van der Waals surface area contributed by atoms with E-state index in [9.17, 15) is 4.79 Å². The van der Waals surface area contributed by atoms with Crippen molar-refractivity contribution in [3.63, 3.8) is 0 Å². The molecule has 1 aliphatic rings. The van der Waals surface area contributed by atoms with E-state index in [4.69, 9.17) is 14.2 Å². The van der Waals surface area contributed by atoms with Crippen molar-refractivity contribution in [1.82, 2.24) is 4.98 Å². The second-order valence-electron chi connectivity index (χ2n) is 6.44. The van der Waals surface area contributed by atoms with E-state index in [2.05, 4.69) is 10.3 Å². The average molecular weight is 376 g/mol. The van der Waals surface area contributed by atoms with Crippen molar-refractivity contribution in [3.05, 3.63) is 72.4 Å². The molecule has 0 aliphatic carbocycles. The molecule has 2 aromatic carbocycles. The fraction of sp³-hybridized carbons (Fsp3) is 0.182. The Balaban J connectivity index is 1.47. The van der Waals surface area contributed by atoms with Crippen LogP contribution in [-0.2, 0) is 11.2 Å². The maximum absolute atomic E-state index is 12.8. The Bertz CT molecular complexity index is 972. The number of nitrogens with zero attached hydrogens (tertiary/aromatic N) is 1. The van der Waals surface area contributed by atoms with Gasteiger partial charge in [0.25, 0.3) is 0 Å². The number of benzene rings is 2. The summed E-state index contributed by atoms with van der Waals surface area (Å²) in [6.45, 7) is 0.345. The average Bonchev–Trinajstić information content (AvgIpc) is 2.75. The number of carbonyl (C=O) groups is 1. The number of amides is 1. The Labute approximate surface area is 163 Å². The Morgan fingerprint density at radius 2 is 1.86 bits per heavy atom. The normalized spacial score (nSPS) is 15.1. The van der Waals surface area contributed by atoms with Gasteiger partial charge >= 0.3 is 0 Å². The number of carbonyl (C=O) groups excluding carboxylic acids is 1. The highest BCUT2D eigenvalue weighted by Gasteiger charge is 2.26. The Kier molecular flexibility index (Phi) is 5.10. The molecular weight excluding hydrogens is 356 g/mol. The number of para-hydroxylation sites is 1. The molecule has 0 radical (unpaired) electrons. The van der Waals surface area contributed by atoms with Crippen molar-refractivity contribution in [2.24, 2.45) is 5.92 Å². The minimum absolute atomic E-state index is 0.123. The van der Waals surface area contributed by atoms with Crippen LogP contribution in [0.4, 0.5) is 5.69 Å². The van der Waals surface area contributed by atoms with Crippen molar-refractivity contribution < 1.29 is 19.0 Å². The van der Waals surface area contributed by atoms with Crippen molar-refractivity contribution in [2.45, 2.75) is 6.42 Å². The van der Waals surface area contributed by atoms with E-state index in [1.165, 1.54) is 0 Å². The van der Waals surface area contributed by atoms with E-state index in [0.717, 1.165) is 17.1 Å². The van der Waals surface area contributed by atoms with Crippen LogP contribution in [0.15, 0.2) is 66.9 Å². The fourth-order valence-electron chi connectivity index (χ4n) is 3.05. The molecular formula is C22H20N2O4. The van der Waals surface area contributed by atoms with Crippen LogP contribution in [0.25, 0.3) is 0 Å². The minimum Gasteiger partial charge on any atom is -0.497 e. The van der Waals surface area contributed by atoms with Crippen LogP contribution in [0.2, 0.25) is 0 Å². The molecule has 1 atom stereocenters. The van der Waals surface area contributed by atoms with Gasteiger partial charge in [-0.15, -0.1) is 0 Å². The summed E-state index contributed by atoms with van der Waals surface area (Å²) in [5, 5.41) is 2.92. The van der Waals surface area contributed by atoms with Gasteiger partial charge in [0, 0.05) is 6.20 Å². The number of fused-ring (bicyclic) bond motifs is 1. The third kappa shape index (κ3) is 3.91. The summed E-state index contributed by atoms with van der Waals surface area (Å²) in [6.07, 6.45) is 2.26. The van der Waals surface area contributed by atoms with Crippen LogP contribution in [0.1, 0.15) is 5.56 Å². The second-order valence-corrected chi connectivity index (χ2v) is 6.44. The van der Waals surface area contributed by atoms with Crippen molar-refractivity contribution in [3.8, 4) is 23.1 Å². The summed E-state index contributed by atoms with van der Waals surface area (Å²) in [5.41, 5.74) is 1.55. The highest BCUT2D eigenvalue weighted by atomic mass is 16.5. The number of ether oxygens (including phenoxy) is 3. The van der Waals surface area contributed by atoms with Gasteiger partial charge in [0.2, 0.25) is 11.8 Å². The Morgan fingerprint density at radius 1 is 1.07 bits per heavy atom. The molecule has 1 N–H and O–H groups in total. The number of anilines is 1. The van der Waals surface area contributed by atoms with E-state index in [1.54, 1.807) is 49.7 Å². The molecule has 4 rings (SSSR count). The number of hydrogen-bond acceptors (Lipinski definition) is 5. The molecule has 0 saturated carbocycles. The van der Waals surface area contributed by atoms with Gasteiger partial charge in [-0.05, 0) is 54.4 Å². The molecule has 1 aliphatic heterocycles. The lowest BCUT2D eigenvalue weighted by atomic mass is 9.96. The summed E-state index contributed by atoms with van der Waals surface area (Å²) in [5.74, 6) is 2.12. The van der Waals surface area contributed by atoms with Crippen molar-refractivity contribution in [2.75, 3.05) is 19.0 Å². The highest BCUT2D eigenvalue weighted by molar-refractivity contribution is 5.94. The van der Waals surface area contributed by atoms with E-state index in [-0.39, 0.29) is 11.8 Å². The lowest BCUT2D eigenvalue weighted by Crippen LogP contribution is -2.32. The van der Waals surface area contributed by atoms with Gasteiger partial charge in [-0.25, -0.2) is 4.98 Å². The zero-order valence-electron chi connectivity index (χ0n) is 15.4. The van der Waals surface area contributed by atoms with Gasteiger partial charge in [-0.2, -0.15) is 0 Å². The van der Waals surface area contributed by atoms with Gasteiger partial charge in [0.05, 0.1) is 13.0 Å². The second kappa shape index (κ2) is 8.00. The summed E-state index contributed by atoms with van der Waals surface area (Å²) in [4.78, 5) is 17.0. The van der Waals surface area contributed by atoms with E-state index >= 15 is 0 Å². The number of nitrogens with one attached hydrogen (secondary N) is 1. The zero-order valence-corrected chi connectivity index (χ0v) is 15.4. The molecule has 0 spiro atoms. The molecule has 0 bridgehead atoms. The van der Waals surface area contributed by atoms with Gasteiger partial charge in [-0.1, -0.05) is 18.2 Å². The molecule has 0 fully saturated rings. The largest absolute Gasteiger partial charge is 0.497 e. The first kappa shape index (κ1) is 17.9. The number of hydrogen-bond donors (Lipinski definition) is 1. The van der Waals surface area contributed by atoms with Crippen LogP contribution in [-0.4, -0.2) is 24.6 Å². The molecule has 28 heavy (non-hydrogen) atoms. The van der Waals surface area contributed by atoms with Gasteiger partial charge in [0.1, 0.15) is 29.5 Å². The molecule has 0 saturated heterocycles. The van der Waals surface area contributed by atoms with Crippen LogP contribution in [0, 0.1) is 5.92 Å². The molecule has 3 aromatic rings. The molecule has 1 amide bonds. The molecule has 6 nitrogen and oxygen atoms in total. The van der Waals surface area contributed by atoms with E-state index in [0.29, 0.717) is 30.3 Å². The summed E-state index contributed by atoms with van der Waals surface area (Å²) in [6, 6.07) is 18.5. The lowest BCUT2D eigenvalue weighted by Gasteiger charge is -2.24. The van der Waals surface area contributed by atoms with Gasteiger partial charge in [0.15, 0.2) is 0 Å². The van der Waals surface area contributed by atoms with Crippen LogP contribution < -0.4 is 19.5 Å². The maximum atomic E-state index is 12.8. The maximum Gasteiger partial charge on any atom is 0.243 e. The standard InChI is InChI=1S/C22H20N2O4/c1-26-17-8-10-18(11-9-17)28-22-19(6-4-12-23-22)24-21(25)16-13-15-5-2-3-7-20(15)27-14-16/h2-12,16H,13-14H2,1H3,(H,24,25). The monoisotopic (exact) mass is 376 g/mol. The molecule has 1 unspecified atom stereocenters. The quantitative estimate of drug-likeness (QED) is 0.727. The summed E-state index contributed by atoms with van der Waals surface area (Å²) < 4.78 is 16.7. The van der Waals surface area contributed by atoms with Crippen LogP contribution >= 0.6 is 0 Å². The molecule has 1 aromatic heterocycles. The minimum atomic E-state index is -0.274. The smallest absolute Gasteiger partial charge is 0.243 e. The van der Waals surface area contributed by atoms with Gasteiger partial charge in [-0.3, -0.25) is 4.79 Å². The third-order valence-corrected chi connectivity index (χ3v) is 4.55. The lowest BCUT2D eigenvalue weighted by molar-refractivity contribution is -0.121. The van der Waals surface area contributed by atoms with Crippen molar-refractivity contribution in [1.29, 1.82) is 0 Å². The number of pyridine rings is 1. The fourth-order valence-corrected chi connectivity index (χ4v) is 3.05. The summed E-state index contributed by atoms with van der Waals surface area (Å²) in [7, 11) is 1.61. The zero-order chi connectivity index (χ0) is 19.3. The van der Waals surface area contributed by atoms with Crippen molar-refractivity contribution >= 4 is 11.6 Å². The first-order chi connectivity index (χ1) is 13.7. The van der Waals surface area contributed by atoms with Crippen LogP contribution in [0.3, 0.4) is 0 Å². The predicted octanol–water partition coefficient (Wildman–Crippen LogP) is 4.07. The summed E-state index contributed by atoms with van der Waals surface area (Å²) >= 11 is 0. The highest BCUT2D eigenvalue weighted by Crippen LogP contribution is 2.30. The Hall–Kier alpha value is -3.54. The molecule has 2 heterocycles. The first-order valence-corrected chi connectivity index (χ1v) is 9.01. The number of aromatic nitrogens is 1. The molecule has 6 heteroatoms. The molecule has 142 valence electrons. The SMILES string of the molecule is COc1ccc(Oc2ncccc2NC(=O)C2COc3ccccc3C2)cc1. The van der Waals surface area contributed by atoms with E-state index in [1.807, 2.05) is 24.3 Å². The number of methoxy groups -OCH3 is 1. The van der Waals surface area contributed by atoms with E-state index < -0.39 is 0 Å². The van der Waals surface area contributed by atoms with Gasteiger partial charge < -0.3 is 19.5 Å². The Morgan fingerprint density at radius 3 is 2.68 bits per heavy atom. The number of rotatable bonds is 5.